The van der Waals surface area contributed by atoms with E-state index in [0.29, 0.717) is 17.9 Å². The minimum Gasteiger partial charge on any atom is -0.394 e. The monoisotopic (exact) mass is 265 g/mol. The van der Waals surface area contributed by atoms with Crippen molar-refractivity contribution in [1.29, 1.82) is 0 Å². The van der Waals surface area contributed by atoms with E-state index in [-0.39, 0.29) is 18.6 Å². The van der Waals surface area contributed by atoms with E-state index in [0.717, 1.165) is 19.3 Å². The number of nitrogens with zero attached hydrogens (tertiary/aromatic N) is 1. The van der Waals surface area contributed by atoms with Gasteiger partial charge in [-0.15, -0.1) is 0 Å². The van der Waals surface area contributed by atoms with Crippen molar-refractivity contribution in [1.82, 2.24) is 4.98 Å². The van der Waals surface area contributed by atoms with Crippen molar-refractivity contribution in [3.8, 4) is 0 Å². The summed E-state index contributed by atoms with van der Waals surface area (Å²) in [6.45, 7) is 4.13. The topological polar surface area (TPSA) is 74.2 Å². The normalized spacial score (nSPS) is 11.9. The fourth-order valence-corrected chi connectivity index (χ4v) is 1.60. The molecule has 1 heterocycles. The van der Waals surface area contributed by atoms with E-state index in [2.05, 4.69) is 22.5 Å². The molecule has 0 saturated heterocycles. The lowest BCUT2D eigenvalue weighted by atomic mass is 10.2. The molecule has 5 heteroatoms. The van der Waals surface area contributed by atoms with Gasteiger partial charge >= 0.3 is 0 Å². The Kier molecular flexibility index (Phi) is 6.89. The van der Waals surface area contributed by atoms with Crippen LogP contribution in [0, 0.1) is 0 Å². The van der Waals surface area contributed by atoms with Gasteiger partial charge in [0.05, 0.1) is 24.5 Å². The number of hydrogen-bond donors (Lipinski definition) is 3. The second kappa shape index (κ2) is 8.48. The molecule has 0 aromatic carbocycles. The summed E-state index contributed by atoms with van der Waals surface area (Å²) in [7, 11) is 0. The summed E-state index contributed by atoms with van der Waals surface area (Å²) >= 11 is 0. The highest BCUT2D eigenvalue weighted by atomic mass is 16.3. The van der Waals surface area contributed by atoms with Crippen LogP contribution in [0.4, 0.5) is 11.5 Å². The van der Waals surface area contributed by atoms with E-state index in [1.54, 1.807) is 12.3 Å². The SMILES string of the molecule is CCCCC(=O)Nc1ccc(NC(CC)CO)nc1. The molecule has 0 aliphatic carbocycles. The number of anilines is 2. The highest BCUT2D eigenvalue weighted by Gasteiger charge is 2.05. The summed E-state index contributed by atoms with van der Waals surface area (Å²) in [6, 6.07) is 3.62. The van der Waals surface area contributed by atoms with Crippen molar-refractivity contribution < 1.29 is 9.90 Å². The van der Waals surface area contributed by atoms with E-state index in [1.165, 1.54) is 0 Å². The van der Waals surface area contributed by atoms with Gasteiger partial charge in [0.25, 0.3) is 0 Å². The molecule has 5 nitrogen and oxygen atoms in total. The van der Waals surface area contributed by atoms with Crippen LogP contribution in [0.5, 0.6) is 0 Å². The van der Waals surface area contributed by atoms with Crippen LogP contribution in [0.3, 0.4) is 0 Å². The molecule has 0 aliphatic rings. The third-order valence-electron chi connectivity index (χ3n) is 2.87. The number of nitrogens with one attached hydrogen (secondary N) is 2. The first-order valence-electron chi connectivity index (χ1n) is 6.82. The first kappa shape index (κ1) is 15.4. The number of aromatic nitrogens is 1. The van der Waals surface area contributed by atoms with Crippen LogP contribution in [-0.4, -0.2) is 28.6 Å². The molecular formula is C14H23N3O2. The summed E-state index contributed by atoms with van der Waals surface area (Å²) in [5, 5.41) is 15.0. The molecule has 1 amide bonds. The van der Waals surface area contributed by atoms with Gasteiger partial charge in [0.2, 0.25) is 5.91 Å². The number of pyridine rings is 1. The fourth-order valence-electron chi connectivity index (χ4n) is 1.60. The van der Waals surface area contributed by atoms with Crippen LogP contribution in [0.1, 0.15) is 39.5 Å². The summed E-state index contributed by atoms with van der Waals surface area (Å²) in [5.41, 5.74) is 0.698. The Morgan fingerprint density at radius 3 is 2.74 bits per heavy atom. The second-order valence-corrected chi connectivity index (χ2v) is 4.52. The molecule has 3 N–H and O–H groups in total. The largest absolute Gasteiger partial charge is 0.394 e. The lowest BCUT2D eigenvalue weighted by Gasteiger charge is -2.14. The van der Waals surface area contributed by atoms with Crippen LogP contribution in [0.25, 0.3) is 0 Å². The van der Waals surface area contributed by atoms with Crippen molar-refractivity contribution in [2.45, 2.75) is 45.6 Å². The summed E-state index contributed by atoms with van der Waals surface area (Å²) in [5.74, 6) is 0.721. The minimum absolute atomic E-state index is 0.0116. The molecule has 0 bridgehead atoms. The highest BCUT2D eigenvalue weighted by Crippen LogP contribution is 2.12. The Hall–Kier alpha value is -1.62. The first-order chi connectivity index (χ1) is 9.19. The fraction of sp³-hybridized carbons (Fsp3) is 0.571. The zero-order chi connectivity index (χ0) is 14.1. The summed E-state index contributed by atoms with van der Waals surface area (Å²) < 4.78 is 0. The smallest absolute Gasteiger partial charge is 0.224 e. The average molecular weight is 265 g/mol. The van der Waals surface area contributed by atoms with Gasteiger partial charge < -0.3 is 15.7 Å². The Morgan fingerprint density at radius 2 is 2.21 bits per heavy atom. The zero-order valence-electron chi connectivity index (χ0n) is 11.6. The first-order valence-corrected chi connectivity index (χ1v) is 6.82. The van der Waals surface area contributed by atoms with Gasteiger partial charge in [0.1, 0.15) is 5.82 Å². The van der Waals surface area contributed by atoms with Crippen molar-refractivity contribution >= 4 is 17.4 Å². The molecule has 106 valence electrons. The van der Waals surface area contributed by atoms with Crippen molar-refractivity contribution in [2.24, 2.45) is 0 Å². The molecule has 19 heavy (non-hydrogen) atoms. The predicted octanol–water partition coefficient (Wildman–Crippen LogP) is 2.39. The van der Waals surface area contributed by atoms with E-state index >= 15 is 0 Å². The molecule has 0 spiro atoms. The molecule has 1 aromatic heterocycles. The Morgan fingerprint density at radius 1 is 1.42 bits per heavy atom. The maximum absolute atomic E-state index is 11.5. The van der Waals surface area contributed by atoms with Crippen molar-refractivity contribution in [3.05, 3.63) is 18.3 Å². The maximum atomic E-state index is 11.5. The van der Waals surface area contributed by atoms with Crippen LogP contribution >= 0.6 is 0 Å². The molecule has 0 radical (unpaired) electrons. The number of unbranched alkanes of at least 4 members (excludes halogenated alkanes) is 1. The molecule has 0 saturated carbocycles. The lowest BCUT2D eigenvalue weighted by molar-refractivity contribution is -0.116. The lowest BCUT2D eigenvalue weighted by Crippen LogP contribution is -2.23. The van der Waals surface area contributed by atoms with Crippen molar-refractivity contribution in [2.75, 3.05) is 17.2 Å². The molecule has 0 fully saturated rings. The van der Waals surface area contributed by atoms with Gasteiger partial charge in [0.15, 0.2) is 0 Å². The Bertz CT molecular complexity index is 375. The number of aliphatic hydroxyl groups is 1. The molecule has 1 unspecified atom stereocenters. The van der Waals surface area contributed by atoms with E-state index in [9.17, 15) is 4.79 Å². The molecule has 1 rings (SSSR count). The minimum atomic E-state index is 0.0116. The van der Waals surface area contributed by atoms with E-state index in [4.69, 9.17) is 5.11 Å². The van der Waals surface area contributed by atoms with Crippen LogP contribution in [0.2, 0.25) is 0 Å². The quantitative estimate of drug-likeness (QED) is 0.674. The maximum Gasteiger partial charge on any atom is 0.224 e. The van der Waals surface area contributed by atoms with Gasteiger partial charge in [-0.2, -0.15) is 0 Å². The summed E-state index contributed by atoms with van der Waals surface area (Å²) in [4.78, 5) is 15.7. The van der Waals surface area contributed by atoms with Crippen LogP contribution in [0.15, 0.2) is 18.3 Å². The van der Waals surface area contributed by atoms with Crippen molar-refractivity contribution in [3.63, 3.8) is 0 Å². The Balaban J connectivity index is 2.49. The van der Waals surface area contributed by atoms with Gasteiger partial charge in [-0.25, -0.2) is 4.98 Å². The van der Waals surface area contributed by atoms with E-state index < -0.39 is 0 Å². The second-order valence-electron chi connectivity index (χ2n) is 4.52. The van der Waals surface area contributed by atoms with Gasteiger partial charge in [-0.1, -0.05) is 20.3 Å². The van der Waals surface area contributed by atoms with Crippen LogP contribution in [-0.2, 0) is 4.79 Å². The zero-order valence-corrected chi connectivity index (χ0v) is 11.6. The summed E-state index contributed by atoms with van der Waals surface area (Å²) in [6.07, 6.45) is 4.89. The Labute approximate surface area is 114 Å². The highest BCUT2D eigenvalue weighted by molar-refractivity contribution is 5.90. The average Bonchev–Trinajstić information content (AvgIpc) is 2.44. The molecule has 1 atom stereocenters. The number of amides is 1. The third kappa shape index (κ3) is 5.70. The molecular weight excluding hydrogens is 242 g/mol. The number of hydrogen-bond acceptors (Lipinski definition) is 4. The number of carbonyl (C=O) groups excluding carboxylic acids is 1. The van der Waals surface area contributed by atoms with Gasteiger partial charge in [0, 0.05) is 6.42 Å². The number of aliphatic hydroxyl groups excluding tert-OH is 1. The van der Waals surface area contributed by atoms with E-state index in [1.807, 2.05) is 13.0 Å². The van der Waals surface area contributed by atoms with Gasteiger partial charge in [-0.3, -0.25) is 4.79 Å². The predicted molar refractivity (Wildman–Crippen MR) is 77.2 cm³/mol. The van der Waals surface area contributed by atoms with Gasteiger partial charge in [-0.05, 0) is 25.0 Å². The molecule has 1 aromatic rings. The molecule has 0 aliphatic heterocycles. The van der Waals surface area contributed by atoms with Crippen LogP contribution < -0.4 is 10.6 Å². The third-order valence-corrected chi connectivity index (χ3v) is 2.87. The standard InChI is InChI=1S/C14H23N3O2/c1-3-5-6-14(19)17-12-7-8-13(15-9-12)16-11(4-2)10-18/h7-9,11,18H,3-6,10H2,1-2H3,(H,15,16)(H,17,19). The number of carbonyl (C=O) groups is 1. The number of rotatable bonds is 8.